The predicted molar refractivity (Wildman–Crippen MR) is 83.8 cm³/mol. The zero-order chi connectivity index (χ0) is 16.5. The molecule has 1 aromatic heterocycles. The van der Waals surface area contributed by atoms with Crippen molar-refractivity contribution in [1.29, 1.82) is 0 Å². The second-order valence-electron chi connectivity index (χ2n) is 5.81. The third kappa shape index (κ3) is 3.15. The lowest BCUT2D eigenvalue weighted by Gasteiger charge is -2.33. The number of nitro groups is 1. The number of hydrogen-bond acceptors (Lipinski definition) is 6. The zero-order valence-electron chi connectivity index (χ0n) is 12.6. The van der Waals surface area contributed by atoms with Gasteiger partial charge in [-0.25, -0.2) is 4.98 Å². The van der Waals surface area contributed by atoms with Gasteiger partial charge in [0.05, 0.1) is 28.2 Å². The Morgan fingerprint density at radius 2 is 2.00 bits per heavy atom. The molecule has 0 saturated heterocycles. The van der Waals surface area contributed by atoms with Crippen LogP contribution in [0.5, 0.6) is 0 Å². The van der Waals surface area contributed by atoms with Crippen LogP contribution in [-0.2, 0) is 0 Å². The molecule has 2 aromatic rings. The van der Waals surface area contributed by atoms with Crippen LogP contribution in [0, 0.1) is 10.1 Å². The van der Waals surface area contributed by atoms with Gasteiger partial charge in [-0.1, -0.05) is 18.2 Å². The Morgan fingerprint density at radius 1 is 1.36 bits per heavy atom. The van der Waals surface area contributed by atoms with Gasteiger partial charge in [-0.3, -0.25) is 10.1 Å². The fourth-order valence-electron chi connectivity index (χ4n) is 2.46. The van der Waals surface area contributed by atoms with E-state index < -0.39 is 22.7 Å². The second kappa shape index (κ2) is 5.86. The first kappa shape index (κ1) is 16.1. The van der Waals surface area contributed by atoms with Crippen molar-refractivity contribution in [3.05, 3.63) is 40.6 Å². The topological polar surface area (TPSA) is 109 Å². The Hall–Kier alpha value is -2.25. The highest BCUT2D eigenvalue weighted by Crippen LogP contribution is 2.33. The predicted octanol–water partition coefficient (Wildman–Crippen LogP) is 2.08. The maximum absolute atomic E-state index is 11.3. The first-order chi connectivity index (χ1) is 10.2. The number of hydrogen-bond donors (Lipinski definition) is 3. The fourth-order valence-corrected chi connectivity index (χ4v) is 2.46. The summed E-state index contributed by atoms with van der Waals surface area (Å²) in [5, 5.41) is 34.9. The molecule has 7 nitrogen and oxygen atoms in total. The first-order valence-corrected chi connectivity index (χ1v) is 6.91. The molecule has 2 unspecified atom stereocenters. The molecule has 0 amide bonds. The van der Waals surface area contributed by atoms with Crippen LogP contribution in [0.1, 0.15) is 20.8 Å². The van der Waals surface area contributed by atoms with E-state index in [1.807, 2.05) is 0 Å². The number of aromatic nitrogens is 1. The van der Waals surface area contributed by atoms with Crippen LogP contribution in [0.2, 0.25) is 0 Å². The normalized spacial score (nSPS) is 14.6. The third-order valence-electron chi connectivity index (χ3n) is 3.50. The molecule has 0 saturated carbocycles. The van der Waals surface area contributed by atoms with E-state index in [0.29, 0.717) is 10.9 Å². The molecule has 3 N–H and O–H groups in total. The number of aliphatic hydroxyl groups excluding tert-OH is 1. The number of pyridine rings is 1. The highest BCUT2D eigenvalue weighted by molar-refractivity contribution is 5.95. The number of nitrogens with zero attached hydrogens (tertiary/aromatic N) is 2. The molecular weight excluding hydrogens is 286 g/mol. The minimum atomic E-state index is -1.27. The average molecular weight is 305 g/mol. The summed E-state index contributed by atoms with van der Waals surface area (Å²) in [7, 11) is 0. The molecule has 7 heteroatoms. The van der Waals surface area contributed by atoms with E-state index in [-0.39, 0.29) is 11.4 Å². The molecule has 1 aromatic carbocycles. The van der Waals surface area contributed by atoms with E-state index in [1.54, 1.807) is 24.3 Å². The Morgan fingerprint density at radius 3 is 2.55 bits per heavy atom. The summed E-state index contributed by atoms with van der Waals surface area (Å²) in [6.07, 6.45) is 0.264. The Balaban J connectivity index is 2.61. The largest absolute Gasteiger partial charge is 0.391 e. The van der Waals surface area contributed by atoms with E-state index in [2.05, 4.69) is 10.3 Å². The zero-order valence-corrected chi connectivity index (χ0v) is 12.6. The summed E-state index contributed by atoms with van der Waals surface area (Å²) in [6, 6.07) is 6.21. The van der Waals surface area contributed by atoms with Crippen molar-refractivity contribution >= 4 is 22.3 Å². The SMILES string of the molecule is CC(O)C(Nc1c([N+](=O)[O-])cnc2ccccc12)C(C)(C)O. The lowest BCUT2D eigenvalue weighted by atomic mass is 9.94. The minimum Gasteiger partial charge on any atom is -0.391 e. The molecule has 2 rings (SSSR count). The summed E-state index contributed by atoms with van der Waals surface area (Å²) >= 11 is 0. The smallest absolute Gasteiger partial charge is 0.311 e. The molecule has 0 aliphatic carbocycles. The number of benzene rings is 1. The summed E-state index contributed by atoms with van der Waals surface area (Å²) in [6.45, 7) is 4.59. The van der Waals surface area contributed by atoms with E-state index in [9.17, 15) is 20.3 Å². The van der Waals surface area contributed by atoms with Crippen molar-refractivity contribution in [2.45, 2.75) is 38.5 Å². The summed E-state index contributed by atoms with van der Waals surface area (Å²) in [5.41, 5.74) is -0.639. The summed E-state index contributed by atoms with van der Waals surface area (Å²) < 4.78 is 0. The maximum atomic E-state index is 11.3. The van der Waals surface area contributed by atoms with E-state index in [0.717, 1.165) is 0 Å². The van der Waals surface area contributed by atoms with Crippen molar-refractivity contribution in [1.82, 2.24) is 4.98 Å². The van der Waals surface area contributed by atoms with Gasteiger partial charge < -0.3 is 15.5 Å². The van der Waals surface area contributed by atoms with Crippen molar-refractivity contribution in [2.75, 3.05) is 5.32 Å². The van der Waals surface area contributed by atoms with Crippen LogP contribution in [0.25, 0.3) is 10.9 Å². The molecule has 0 spiro atoms. The van der Waals surface area contributed by atoms with Gasteiger partial charge in [-0.15, -0.1) is 0 Å². The number of anilines is 1. The molecule has 0 radical (unpaired) electrons. The average Bonchev–Trinajstić information content (AvgIpc) is 2.42. The van der Waals surface area contributed by atoms with Crippen LogP contribution >= 0.6 is 0 Å². The van der Waals surface area contributed by atoms with Gasteiger partial charge in [0.2, 0.25) is 0 Å². The fraction of sp³-hybridized carbons (Fsp3) is 0.400. The lowest BCUT2D eigenvalue weighted by molar-refractivity contribution is -0.384. The summed E-state index contributed by atoms with van der Waals surface area (Å²) in [5.74, 6) is 0. The number of nitrogens with one attached hydrogen (secondary N) is 1. The quantitative estimate of drug-likeness (QED) is 0.576. The van der Waals surface area contributed by atoms with Gasteiger partial charge >= 0.3 is 5.69 Å². The van der Waals surface area contributed by atoms with Gasteiger partial charge in [0.1, 0.15) is 11.9 Å². The highest BCUT2D eigenvalue weighted by Gasteiger charge is 2.33. The van der Waals surface area contributed by atoms with Crippen LogP contribution < -0.4 is 5.32 Å². The number of para-hydroxylation sites is 1. The molecule has 1 heterocycles. The van der Waals surface area contributed by atoms with Gasteiger partial charge in [0.25, 0.3) is 0 Å². The summed E-state index contributed by atoms with van der Waals surface area (Å²) in [4.78, 5) is 14.8. The molecule has 22 heavy (non-hydrogen) atoms. The monoisotopic (exact) mass is 305 g/mol. The number of aliphatic hydroxyl groups is 2. The van der Waals surface area contributed by atoms with Crippen molar-refractivity contribution in [3.8, 4) is 0 Å². The molecule has 118 valence electrons. The molecule has 0 aliphatic rings. The number of rotatable bonds is 5. The van der Waals surface area contributed by atoms with E-state index >= 15 is 0 Å². The molecule has 2 atom stereocenters. The first-order valence-electron chi connectivity index (χ1n) is 6.91. The standard InChI is InChI=1S/C15H19N3O4/c1-9(19)14(15(2,3)20)17-13-10-6-4-5-7-11(10)16-8-12(13)18(21)22/h4-9,14,19-20H,1-3H3,(H,16,17). The van der Waals surface area contributed by atoms with Gasteiger partial charge in [0.15, 0.2) is 0 Å². The van der Waals surface area contributed by atoms with Gasteiger partial charge in [0, 0.05) is 5.39 Å². The molecular formula is C15H19N3O4. The van der Waals surface area contributed by atoms with Crippen molar-refractivity contribution in [2.24, 2.45) is 0 Å². The van der Waals surface area contributed by atoms with Crippen molar-refractivity contribution < 1.29 is 15.1 Å². The Bertz CT molecular complexity index is 695. The Kier molecular flexibility index (Phi) is 4.30. The van der Waals surface area contributed by atoms with Crippen LogP contribution in [0.3, 0.4) is 0 Å². The highest BCUT2D eigenvalue weighted by atomic mass is 16.6. The maximum Gasteiger partial charge on any atom is 0.311 e. The van der Waals surface area contributed by atoms with E-state index in [4.69, 9.17) is 0 Å². The molecule has 0 bridgehead atoms. The Labute approximate surface area is 127 Å². The van der Waals surface area contributed by atoms with Crippen LogP contribution in [0.4, 0.5) is 11.4 Å². The molecule has 0 aliphatic heterocycles. The lowest BCUT2D eigenvalue weighted by Crippen LogP contribution is -2.49. The van der Waals surface area contributed by atoms with Gasteiger partial charge in [-0.05, 0) is 26.8 Å². The molecule has 0 fully saturated rings. The van der Waals surface area contributed by atoms with Crippen LogP contribution in [-0.4, -0.2) is 37.9 Å². The van der Waals surface area contributed by atoms with Gasteiger partial charge in [-0.2, -0.15) is 0 Å². The second-order valence-corrected chi connectivity index (χ2v) is 5.81. The number of fused-ring (bicyclic) bond motifs is 1. The van der Waals surface area contributed by atoms with Crippen LogP contribution in [0.15, 0.2) is 30.5 Å². The van der Waals surface area contributed by atoms with E-state index in [1.165, 1.54) is 27.0 Å². The minimum absolute atomic E-state index is 0.200. The third-order valence-corrected chi connectivity index (χ3v) is 3.50. The van der Waals surface area contributed by atoms with Crippen molar-refractivity contribution in [3.63, 3.8) is 0 Å².